The van der Waals surface area contributed by atoms with Crippen LogP contribution < -0.4 is 15.4 Å². The van der Waals surface area contributed by atoms with Crippen molar-refractivity contribution >= 4 is 23.2 Å². The average Bonchev–Trinajstić information content (AvgIpc) is 2.66. The van der Waals surface area contributed by atoms with Gasteiger partial charge in [-0.3, -0.25) is 4.79 Å². The number of hydrogen-bond acceptors (Lipinski definition) is 5. The molecule has 144 valence electrons. The number of para-hydroxylation sites is 1. The molecule has 2 aromatic carbocycles. The first-order valence-corrected chi connectivity index (χ1v) is 9.23. The number of aryl methyl sites for hydroxylation is 3. The maximum Gasteiger partial charge on any atom is 0.262 e. The molecule has 6 heteroatoms. The Morgan fingerprint density at radius 1 is 0.964 bits per heavy atom. The fourth-order valence-electron chi connectivity index (χ4n) is 2.86. The summed E-state index contributed by atoms with van der Waals surface area (Å²) in [5, 5.41) is 6.02. The largest absolute Gasteiger partial charge is 0.483 e. The Labute approximate surface area is 165 Å². The van der Waals surface area contributed by atoms with Gasteiger partial charge in [-0.05, 0) is 56.2 Å². The van der Waals surface area contributed by atoms with E-state index in [1.54, 1.807) is 0 Å². The van der Waals surface area contributed by atoms with Gasteiger partial charge in [0.2, 0.25) is 5.95 Å². The minimum atomic E-state index is -0.217. The third-order valence-electron chi connectivity index (χ3n) is 4.10. The summed E-state index contributed by atoms with van der Waals surface area (Å²) < 4.78 is 5.67. The summed E-state index contributed by atoms with van der Waals surface area (Å²) in [5.74, 6) is 1.05. The Balaban J connectivity index is 1.61. The molecule has 3 rings (SSSR count). The van der Waals surface area contributed by atoms with E-state index in [1.807, 2.05) is 68.4 Å². The molecule has 0 spiro atoms. The lowest BCUT2D eigenvalue weighted by Crippen LogP contribution is -2.20. The number of aromatic nitrogens is 2. The maximum atomic E-state index is 12.3. The molecule has 1 amide bonds. The molecular formula is C22H24N4O2. The lowest BCUT2D eigenvalue weighted by molar-refractivity contribution is -0.118. The molecule has 0 atom stereocenters. The second-order valence-corrected chi connectivity index (χ2v) is 6.48. The summed E-state index contributed by atoms with van der Waals surface area (Å²) in [6.07, 6.45) is 0.853. The molecule has 6 nitrogen and oxygen atoms in total. The summed E-state index contributed by atoms with van der Waals surface area (Å²) in [6, 6.07) is 17.1. The van der Waals surface area contributed by atoms with E-state index in [2.05, 4.69) is 27.5 Å². The first-order chi connectivity index (χ1) is 13.5. The van der Waals surface area contributed by atoms with Crippen LogP contribution in [0.2, 0.25) is 0 Å². The van der Waals surface area contributed by atoms with Crippen LogP contribution in [0.25, 0.3) is 0 Å². The van der Waals surface area contributed by atoms with Gasteiger partial charge >= 0.3 is 0 Å². The summed E-state index contributed by atoms with van der Waals surface area (Å²) in [7, 11) is 0. The number of hydrogen-bond donors (Lipinski definition) is 2. The van der Waals surface area contributed by atoms with Crippen molar-refractivity contribution in [2.45, 2.75) is 27.2 Å². The van der Waals surface area contributed by atoms with Crippen LogP contribution in [0.1, 0.15) is 23.9 Å². The number of carbonyl (C=O) groups is 1. The summed E-state index contributed by atoms with van der Waals surface area (Å²) >= 11 is 0. The Kier molecular flexibility index (Phi) is 6.22. The van der Waals surface area contributed by atoms with E-state index in [9.17, 15) is 4.79 Å². The molecule has 0 fully saturated rings. The minimum Gasteiger partial charge on any atom is -0.483 e. The molecular weight excluding hydrogens is 352 g/mol. The monoisotopic (exact) mass is 376 g/mol. The topological polar surface area (TPSA) is 76.1 Å². The van der Waals surface area contributed by atoms with Crippen LogP contribution in [0.5, 0.6) is 5.75 Å². The average molecular weight is 376 g/mol. The van der Waals surface area contributed by atoms with E-state index in [0.717, 1.165) is 34.8 Å². The number of anilines is 3. The second-order valence-electron chi connectivity index (χ2n) is 6.48. The van der Waals surface area contributed by atoms with Gasteiger partial charge in [0.15, 0.2) is 6.61 Å². The predicted molar refractivity (Wildman–Crippen MR) is 111 cm³/mol. The molecule has 28 heavy (non-hydrogen) atoms. The fraction of sp³-hybridized carbons (Fsp3) is 0.227. The van der Waals surface area contributed by atoms with Gasteiger partial charge in [-0.2, -0.15) is 0 Å². The van der Waals surface area contributed by atoms with Crippen molar-refractivity contribution in [2.24, 2.45) is 0 Å². The van der Waals surface area contributed by atoms with Crippen molar-refractivity contribution in [3.63, 3.8) is 0 Å². The number of ether oxygens (including phenoxy) is 1. The zero-order valence-corrected chi connectivity index (χ0v) is 16.3. The molecule has 0 aliphatic heterocycles. The highest BCUT2D eigenvalue weighted by atomic mass is 16.5. The van der Waals surface area contributed by atoms with Crippen molar-refractivity contribution in [3.05, 3.63) is 71.5 Å². The maximum absolute atomic E-state index is 12.3. The van der Waals surface area contributed by atoms with Crippen molar-refractivity contribution in [2.75, 3.05) is 17.2 Å². The van der Waals surface area contributed by atoms with Gasteiger partial charge < -0.3 is 15.4 Å². The Morgan fingerprint density at radius 3 is 2.43 bits per heavy atom. The Hall–Kier alpha value is -3.41. The van der Waals surface area contributed by atoms with Crippen LogP contribution in [0.15, 0.2) is 54.6 Å². The smallest absolute Gasteiger partial charge is 0.262 e. The van der Waals surface area contributed by atoms with E-state index < -0.39 is 0 Å². The van der Waals surface area contributed by atoms with Gasteiger partial charge in [-0.15, -0.1) is 0 Å². The zero-order chi connectivity index (χ0) is 19.9. The highest BCUT2D eigenvalue weighted by molar-refractivity contribution is 5.92. The first-order valence-electron chi connectivity index (χ1n) is 9.23. The van der Waals surface area contributed by atoms with E-state index in [0.29, 0.717) is 11.6 Å². The van der Waals surface area contributed by atoms with Crippen molar-refractivity contribution in [1.29, 1.82) is 0 Å². The molecule has 0 saturated heterocycles. The number of nitrogens with one attached hydrogen (secondary N) is 2. The summed E-state index contributed by atoms with van der Waals surface area (Å²) in [6.45, 7) is 5.86. The highest BCUT2D eigenvalue weighted by Crippen LogP contribution is 2.20. The van der Waals surface area contributed by atoms with E-state index in [1.165, 1.54) is 0 Å². The van der Waals surface area contributed by atoms with E-state index in [-0.39, 0.29) is 12.5 Å². The zero-order valence-electron chi connectivity index (χ0n) is 16.3. The number of carbonyl (C=O) groups excluding carboxylic acids is 1. The number of rotatable bonds is 7. The number of amides is 1. The van der Waals surface area contributed by atoms with Crippen LogP contribution in [-0.2, 0) is 11.2 Å². The minimum absolute atomic E-state index is 0.0468. The molecule has 3 aromatic rings. The lowest BCUT2D eigenvalue weighted by atomic mass is 10.1. The third-order valence-corrected chi connectivity index (χ3v) is 4.10. The summed E-state index contributed by atoms with van der Waals surface area (Å²) in [5.41, 5.74) is 4.33. The van der Waals surface area contributed by atoms with Crippen molar-refractivity contribution < 1.29 is 9.53 Å². The molecule has 0 aliphatic carbocycles. The van der Waals surface area contributed by atoms with Crippen LogP contribution in [-0.4, -0.2) is 22.5 Å². The van der Waals surface area contributed by atoms with Crippen molar-refractivity contribution in [3.8, 4) is 5.75 Å². The third kappa shape index (κ3) is 5.30. The molecule has 0 aliphatic rings. The Bertz CT molecular complexity index is 952. The molecule has 0 radical (unpaired) electrons. The normalized spacial score (nSPS) is 10.4. The van der Waals surface area contributed by atoms with Crippen LogP contribution in [0.4, 0.5) is 17.3 Å². The van der Waals surface area contributed by atoms with Crippen molar-refractivity contribution in [1.82, 2.24) is 9.97 Å². The SMILES string of the molecule is CCc1ccccc1OCC(=O)Nc1cccc(Nc2nc(C)cc(C)n2)c1. The molecule has 1 aromatic heterocycles. The van der Waals surface area contributed by atoms with E-state index >= 15 is 0 Å². The van der Waals surface area contributed by atoms with Gasteiger partial charge in [-0.25, -0.2) is 9.97 Å². The molecule has 1 heterocycles. The second kappa shape index (κ2) is 8.99. The van der Waals surface area contributed by atoms with Gasteiger partial charge in [0.1, 0.15) is 5.75 Å². The quantitative estimate of drug-likeness (QED) is 0.638. The summed E-state index contributed by atoms with van der Waals surface area (Å²) in [4.78, 5) is 21.0. The lowest BCUT2D eigenvalue weighted by Gasteiger charge is -2.11. The predicted octanol–water partition coefficient (Wildman–Crippen LogP) is 4.42. The highest BCUT2D eigenvalue weighted by Gasteiger charge is 2.07. The van der Waals surface area contributed by atoms with Gasteiger partial charge in [-0.1, -0.05) is 31.2 Å². The Morgan fingerprint density at radius 2 is 1.68 bits per heavy atom. The molecule has 2 N–H and O–H groups in total. The van der Waals surface area contributed by atoms with Crippen LogP contribution in [0, 0.1) is 13.8 Å². The molecule has 0 bridgehead atoms. The fourth-order valence-corrected chi connectivity index (χ4v) is 2.86. The standard InChI is InChI=1S/C22H24N4O2/c1-4-17-8-5-6-11-20(17)28-14-21(27)25-18-9-7-10-19(13-18)26-22-23-15(2)12-16(3)24-22/h5-13H,4,14H2,1-3H3,(H,25,27)(H,23,24,26). The number of nitrogens with zero attached hydrogens (tertiary/aromatic N) is 2. The van der Waals surface area contributed by atoms with Gasteiger partial charge in [0.05, 0.1) is 0 Å². The molecule has 0 unspecified atom stereocenters. The van der Waals surface area contributed by atoms with Gasteiger partial charge in [0, 0.05) is 22.8 Å². The van der Waals surface area contributed by atoms with Crippen LogP contribution in [0.3, 0.4) is 0 Å². The number of benzene rings is 2. The first kappa shape index (κ1) is 19.4. The van der Waals surface area contributed by atoms with Gasteiger partial charge in [0.25, 0.3) is 5.91 Å². The van der Waals surface area contributed by atoms with E-state index in [4.69, 9.17) is 4.74 Å². The van der Waals surface area contributed by atoms with Crippen LogP contribution >= 0.6 is 0 Å². The molecule has 0 saturated carbocycles.